The summed E-state index contributed by atoms with van der Waals surface area (Å²) in [6.07, 6.45) is 6.27. The van der Waals surface area contributed by atoms with Crippen LogP contribution in [0, 0.1) is 0 Å². The van der Waals surface area contributed by atoms with E-state index in [0.717, 1.165) is 25.7 Å². The SMILES string of the molecule is CCCC(C)(BC(=O)Cc1ccbcc1C(C)(C)CCC)CC. The summed E-state index contributed by atoms with van der Waals surface area (Å²) in [7, 11) is 0.708. The van der Waals surface area contributed by atoms with E-state index in [1.165, 1.54) is 17.5 Å². The van der Waals surface area contributed by atoms with Crippen LogP contribution in [0.15, 0.2) is 18.0 Å². The first-order valence-electron chi connectivity index (χ1n) is 9.38. The summed E-state index contributed by atoms with van der Waals surface area (Å²) in [5.41, 5.74) is 3.11. The van der Waals surface area contributed by atoms with Crippen molar-refractivity contribution in [1.82, 2.24) is 0 Å². The predicted molar refractivity (Wildman–Crippen MR) is 105 cm³/mol. The Hall–Kier alpha value is -0.850. The second-order valence-electron chi connectivity index (χ2n) is 8.10. The van der Waals surface area contributed by atoms with Crippen LogP contribution < -0.4 is 0 Å². The Balaban J connectivity index is 2.91. The van der Waals surface area contributed by atoms with E-state index < -0.39 is 0 Å². The zero-order chi connectivity index (χ0) is 17.5. The van der Waals surface area contributed by atoms with Gasteiger partial charge in [-0.2, -0.15) is 0 Å². The quantitative estimate of drug-likeness (QED) is 0.556. The van der Waals surface area contributed by atoms with Gasteiger partial charge in [0.15, 0.2) is 0 Å². The van der Waals surface area contributed by atoms with Gasteiger partial charge >= 0.3 is 145 Å². The number of hydrogen-bond acceptors (Lipinski definition) is 1. The molecule has 0 N–H and O–H groups in total. The third-order valence-corrected chi connectivity index (χ3v) is 5.34. The van der Waals surface area contributed by atoms with Crippen molar-refractivity contribution in [3.05, 3.63) is 29.1 Å². The van der Waals surface area contributed by atoms with Crippen molar-refractivity contribution in [3.63, 3.8) is 0 Å². The number of carbonyl (C=O) groups excluding carboxylic acids is 1. The van der Waals surface area contributed by atoms with E-state index in [-0.39, 0.29) is 10.7 Å². The van der Waals surface area contributed by atoms with Crippen LogP contribution in [0.1, 0.15) is 84.8 Å². The van der Waals surface area contributed by atoms with E-state index in [2.05, 4.69) is 66.4 Å². The van der Waals surface area contributed by atoms with Gasteiger partial charge in [0, 0.05) is 0 Å². The zero-order valence-corrected chi connectivity index (χ0v) is 16.2. The Labute approximate surface area is 145 Å². The maximum absolute atomic E-state index is 12.7. The van der Waals surface area contributed by atoms with Crippen LogP contribution >= 0.6 is 0 Å². The molecule has 1 aromatic rings. The zero-order valence-electron chi connectivity index (χ0n) is 16.2. The number of carbonyl (C=O) groups is 1. The molecule has 126 valence electrons. The Bertz CT molecular complexity index is 510. The average molecular weight is 312 g/mol. The van der Waals surface area contributed by atoms with E-state index in [1.54, 1.807) is 0 Å². The number of hydrogen-bond donors (Lipinski definition) is 0. The van der Waals surface area contributed by atoms with Gasteiger partial charge in [-0.3, -0.25) is 0 Å². The van der Waals surface area contributed by atoms with Crippen molar-refractivity contribution in [2.75, 3.05) is 0 Å². The third kappa shape index (κ3) is 5.94. The molecular formula is C20H34B2O. The minimum atomic E-state index is 0.142. The van der Waals surface area contributed by atoms with Gasteiger partial charge in [-0.1, -0.05) is 0 Å². The van der Waals surface area contributed by atoms with E-state index in [0.29, 0.717) is 19.4 Å². The summed E-state index contributed by atoms with van der Waals surface area (Å²) in [5, 5.41) is 0.166. The van der Waals surface area contributed by atoms with Crippen LogP contribution in [0.25, 0.3) is 0 Å². The fourth-order valence-corrected chi connectivity index (χ4v) is 3.84. The molecule has 0 amide bonds. The van der Waals surface area contributed by atoms with Gasteiger partial charge in [0.25, 0.3) is 0 Å². The summed E-state index contributed by atoms with van der Waals surface area (Å²) in [5.74, 6) is 4.28. The Morgan fingerprint density at radius 1 is 1.13 bits per heavy atom. The Kier molecular flexibility index (Phi) is 7.77. The summed E-state index contributed by atoms with van der Waals surface area (Å²) >= 11 is 0. The molecule has 0 bridgehead atoms. The molecule has 3 heteroatoms. The van der Waals surface area contributed by atoms with Gasteiger partial charge < -0.3 is 0 Å². The van der Waals surface area contributed by atoms with Gasteiger partial charge in [0.2, 0.25) is 0 Å². The molecule has 23 heavy (non-hydrogen) atoms. The van der Waals surface area contributed by atoms with E-state index in [9.17, 15) is 4.79 Å². The molecule has 0 spiro atoms. The number of rotatable bonds is 10. The molecule has 1 aromatic heterocycles. The van der Waals surface area contributed by atoms with Crippen molar-refractivity contribution in [1.29, 1.82) is 0 Å². The molecule has 0 aliphatic rings. The summed E-state index contributed by atoms with van der Waals surface area (Å²) in [6, 6.07) is 2.15. The van der Waals surface area contributed by atoms with Crippen LogP contribution in [0.5, 0.6) is 0 Å². The second kappa shape index (κ2) is 8.85. The van der Waals surface area contributed by atoms with E-state index in [1.807, 2.05) is 0 Å². The third-order valence-electron chi connectivity index (χ3n) is 5.34. The molecule has 0 radical (unpaired) electrons. The van der Waals surface area contributed by atoms with Gasteiger partial charge in [-0.05, 0) is 0 Å². The maximum atomic E-state index is 12.7. The molecule has 0 saturated heterocycles. The van der Waals surface area contributed by atoms with Crippen LogP contribution in [0.4, 0.5) is 0 Å². The first kappa shape index (κ1) is 20.2. The fourth-order valence-electron chi connectivity index (χ4n) is 3.84. The fraction of sp³-hybridized carbons (Fsp3) is 0.700. The van der Waals surface area contributed by atoms with Crippen molar-refractivity contribution in [2.24, 2.45) is 0 Å². The topological polar surface area (TPSA) is 17.1 Å². The Morgan fingerprint density at radius 3 is 2.35 bits per heavy atom. The molecule has 1 heterocycles. The first-order valence-corrected chi connectivity index (χ1v) is 9.38. The predicted octanol–water partition coefficient (Wildman–Crippen LogP) is 5.00. The van der Waals surface area contributed by atoms with Crippen molar-refractivity contribution >= 4 is 19.9 Å². The van der Waals surface area contributed by atoms with E-state index in [4.69, 9.17) is 0 Å². The van der Waals surface area contributed by atoms with Crippen LogP contribution in [0.3, 0.4) is 0 Å². The molecule has 0 aliphatic heterocycles. The van der Waals surface area contributed by atoms with Crippen molar-refractivity contribution in [2.45, 2.75) is 90.8 Å². The van der Waals surface area contributed by atoms with Crippen molar-refractivity contribution in [3.8, 4) is 0 Å². The van der Waals surface area contributed by atoms with Crippen LogP contribution in [0.2, 0.25) is 5.31 Å². The molecular weight excluding hydrogens is 278 g/mol. The second-order valence-corrected chi connectivity index (χ2v) is 8.10. The normalized spacial score (nSPS) is 14.2. The van der Waals surface area contributed by atoms with E-state index >= 15 is 0 Å². The molecule has 0 saturated carbocycles. The Morgan fingerprint density at radius 2 is 1.78 bits per heavy atom. The van der Waals surface area contributed by atoms with Crippen LogP contribution in [-0.2, 0) is 16.6 Å². The summed E-state index contributed by atoms with van der Waals surface area (Å²) in [4.78, 5) is 12.7. The van der Waals surface area contributed by atoms with Gasteiger partial charge in [0.05, 0.1) is 0 Å². The minimum absolute atomic E-state index is 0.142. The summed E-state index contributed by atoms with van der Waals surface area (Å²) in [6.45, 7) is 15.6. The standard InChI is InChI=1S/C20H34B2O/c1-7-11-19(4,5)17-15-21-13-10-16(17)14-18(23)22-20(6,9-3)12-8-2/h10,13,15,22H,7-9,11-12,14H2,1-6H3. The molecule has 1 atom stereocenters. The van der Waals surface area contributed by atoms with Gasteiger partial charge in [0.1, 0.15) is 0 Å². The molecule has 0 fully saturated rings. The molecule has 1 nitrogen and oxygen atoms in total. The van der Waals surface area contributed by atoms with Crippen molar-refractivity contribution < 1.29 is 4.79 Å². The summed E-state index contributed by atoms with van der Waals surface area (Å²) < 4.78 is 0. The monoisotopic (exact) mass is 312 g/mol. The molecule has 0 aromatic carbocycles. The van der Waals surface area contributed by atoms with Gasteiger partial charge in [-0.25, -0.2) is 0 Å². The molecule has 1 unspecified atom stereocenters. The van der Waals surface area contributed by atoms with Gasteiger partial charge in [-0.15, -0.1) is 0 Å². The molecule has 0 aliphatic carbocycles. The first-order chi connectivity index (χ1) is 10.8. The average Bonchev–Trinajstić information content (AvgIpc) is 2.47. The molecule has 1 rings (SSSR count). The van der Waals surface area contributed by atoms with Crippen LogP contribution in [-0.4, -0.2) is 19.9 Å².